The summed E-state index contributed by atoms with van der Waals surface area (Å²) in [5.74, 6) is 4.85. The predicted molar refractivity (Wildman–Crippen MR) is 24.4 cm³/mol. The molecule has 0 aliphatic rings. The Kier molecular flexibility index (Phi) is 4.71. The molecule has 0 unspecified atom stereocenters. The molecule has 6 heavy (non-hydrogen) atoms. The summed E-state index contributed by atoms with van der Waals surface area (Å²) >= 11 is 0. The van der Waals surface area contributed by atoms with Gasteiger partial charge in [-0.3, -0.25) is 11.2 Å². The number of hydrazine groups is 1. The van der Waals surface area contributed by atoms with Crippen LogP contribution in [0.3, 0.4) is 0 Å². The summed E-state index contributed by atoms with van der Waals surface area (Å²) in [6.45, 7) is 1.03. The van der Waals surface area contributed by atoms with Crippen LogP contribution in [0.1, 0.15) is 0 Å². The van der Waals surface area contributed by atoms with E-state index in [1.165, 1.54) is 0 Å². The number of rotatable bonds is 3. The van der Waals surface area contributed by atoms with Crippen molar-refractivity contribution in [3.8, 4) is 0 Å². The van der Waals surface area contributed by atoms with E-state index in [9.17, 15) is 0 Å². The molecule has 0 aromatic carbocycles. The molecule has 4 heteroatoms. The number of hydrogen-bond donors (Lipinski definition) is 4. The summed E-state index contributed by atoms with van der Waals surface area (Å²) in [5, 5.41) is 2.74. The zero-order valence-electron chi connectivity index (χ0n) is 3.57. The second-order valence-electron chi connectivity index (χ2n) is 0.835. The second kappa shape index (κ2) is 4.84. The molecule has 0 saturated carbocycles. The van der Waals surface area contributed by atoms with Crippen LogP contribution in [0.4, 0.5) is 0 Å². The Morgan fingerprint density at radius 2 is 2.17 bits per heavy atom. The standard InChI is InChI=1S/C2H10N4/c3-1-5-2-6-4/h5-6H,1-4H2. The van der Waals surface area contributed by atoms with Crippen molar-refractivity contribution in [2.24, 2.45) is 11.6 Å². The minimum Gasteiger partial charge on any atom is -0.318 e. The van der Waals surface area contributed by atoms with Crippen molar-refractivity contribution >= 4 is 0 Å². The Morgan fingerprint density at radius 3 is 2.33 bits per heavy atom. The number of nitrogens with one attached hydrogen (secondary N) is 2. The van der Waals surface area contributed by atoms with Gasteiger partial charge < -0.3 is 5.73 Å². The zero-order valence-corrected chi connectivity index (χ0v) is 3.57. The van der Waals surface area contributed by atoms with Gasteiger partial charge in [-0.05, 0) is 0 Å². The first kappa shape index (κ1) is 5.84. The Hall–Kier alpha value is -0.160. The highest BCUT2D eigenvalue weighted by Crippen LogP contribution is 1.32. The Morgan fingerprint density at radius 1 is 1.50 bits per heavy atom. The van der Waals surface area contributed by atoms with Gasteiger partial charge in [0.25, 0.3) is 0 Å². The first-order chi connectivity index (χ1) is 2.91. The van der Waals surface area contributed by atoms with Crippen LogP contribution in [0.2, 0.25) is 0 Å². The van der Waals surface area contributed by atoms with Gasteiger partial charge in [0.1, 0.15) is 0 Å². The molecule has 0 saturated heterocycles. The van der Waals surface area contributed by atoms with Crippen LogP contribution in [0.15, 0.2) is 0 Å². The molecular weight excluding hydrogens is 80.1 g/mol. The molecule has 4 nitrogen and oxygen atoms in total. The van der Waals surface area contributed by atoms with Crippen molar-refractivity contribution in [2.75, 3.05) is 13.3 Å². The number of hydrogen-bond acceptors (Lipinski definition) is 4. The molecule has 6 N–H and O–H groups in total. The van der Waals surface area contributed by atoms with Gasteiger partial charge >= 0.3 is 0 Å². The van der Waals surface area contributed by atoms with Gasteiger partial charge in [0.2, 0.25) is 0 Å². The largest absolute Gasteiger partial charge is 0.318 e. The number of nitrogens with two attached hydrogens (primary N) is 2. The summed E-state index contributed by atoms with van der Waals surface area (Å²) in [7, 11) is 0. The van der Waals surface area contributed by atoms with Crippen molar-refractivity contribution in [1.82, 2.24) is 10.7 Å². The van der Waals surface area contributed by atoms with Gasteiger partial charge in [0.05, 0.1) is 6.67 Å². The monoisotopic (exact) mass is 90.1 g/mol. The molecule has 0 heterocycles. The van der Waals surface area contributed by atoms with Crippen molar-refractivity contribution in [1.29, 1.82) is 0 Å². The van der Waals surface area contributed by atoms with Gasteiger partial charge in [-0.2, -0.15) is 0 Å². The molecule has 0 amide bonds. The molecule has 0 radical (unpaired) electrons. The molecule has 0 aromatic rings. The summed E-state index contributed by atoms with van der Waals surface area (Å²) in [5.41, 5.74) is 7.39. The SMILES string of the molecule is NCNCNN. The Balaban J connectivity index is 2.34. The average Bonchev–Trinajstić information content (AvgIpc) is 1.61. The fourth-order valence-corrected chi connectivity index (χ4v) is 0.144. The fourth-order valence-electron chi connectivity index (χ4n) is 0.144. The van der Waals surface area contributed by atoms with E-state index in [0.29, 0.717) is 13.3 Å². The van der Waals surface area contributed by atoms with Gasteiger partial charge in [0.15, 0.2) is 0 Å². The second-order valence-corrected chi connectivity index (χ2v) is 0.835. The van der Waals surface area contributed by atoms with E-state index in [2.05, 4.69) is 10.7 Å². The lowest BCUT2D eigenvalue weighted by Crippen LogP contribution is -2.36. The van der Waals surface area contributed by atoms with Crippen LogP contribution < -0.4 is 22.3 Å². The van der Waals surface area contributed by atoms with Crippen LogP contribution in [-0.2, 0) is 0 Å². The van der Waals surface area contributed by atoms with E-state index in [1.54, 1.807) is 0 Å². The van der Waals surface area contributed by atoms with Crippen molar-refractivity contribution in [2.45, 2.75) is 0 Å². The molecular formula is C2H10N4. The predicted octanol–water partition coefficient (Wildman–Crippen LogP) is -2.09. The molecule has 0 aliphatic heterocycles. The maximum atomic E-state index is 5.01. The lowest BCUT2D eigenvalue weighted by Gasteiger charge is -1.94. The third-order valence-electron chi connectivity index (χ3n) is 0.371. The van der Waals surface area contributed by atoms with Gasteiger partial charge in [0, 0.05) is 6.67 Å². The highest BCUT2D eigenvalue weighted by atomic mass is 15.3. The Labute approximate surface area is 36.9 Å². The van der Waals surface area contributed by atoms with Gasteiger partial charge in [-0.15, -0.1) is 0 Å². The summed E-state index contributed by atoms with van der Waals surface area (Å²) in [6, 6.07) is 0. The highest BCUT2D eigenvalue weighted by molar-refractivity contribution is 4.27. The molecule has 0 aromatic heterocycles. The van der Waals surface area contributed by atoms with Crippen molar-refractivity contribution in [3.63, 3.8) is 0 Å². The minimum absolute atomic E-state index is 0.462. The third kappa shape index (κ3) is 3.84. The minimum atomic E-state index is 0.462. The lowest BCUT2D eigenvalue weighted by molar-refractivity contribution is 0.611. The van der Waals surface area contributed by atoms with E-state index >= 15 is 0 Å². The van der Waals surface area contributed by atoms with Crippen LogP contribution in [0.25, 0.3) is 0 Å². The van der Waals surface area contributed by atoms with Crippen LogP contribution in [-0.4, -0.2) is 13.3 Å². The molecule has 0 aliphatic carbocycles. The van der Waals surface area contributed by atoms with E-state index in [0.717, 1.165) is 0 Å². The quantitative estimate of drug-likeness (QED) is 0.139. The molecule has 0 fully saturated rings. The lowest BCUT2D eigenvalue weighted by atomic mass is 11.0. The molecule has 0 bridgehead atoms. The molecule has 0 spiro atoms. The van der Waals surface area contributed by atoms with E-state index in [-0.39, 0.29) is 0 Å². The van der Waals surface area contributed by atoms with Crippen molar-refractivity contribution in [3.05, 3.63) is 0 Å². The zero-order chi connectivity index (χ0) is 4.83. The van der Waals surface area contributed by atoms with Crippen LogP contribution in [0, 0.1) is 0 Å². The van der Waals surface area contributed by atoms with Gasteiger partial charge in [-0.1, -0.05) is 0 Å². The topological polar surface area (TPSA) is 76.1 Å². The van der Waals surface area contributed by atoms with E-state index < -0.39 is 0 Å². The maximum absolute atomic E-state index is 5.01. The fraction of sp³-hybridized carbons (Fsp3) is 1.00. The van der Waals surface area contributed by atoms with Crippen LogP contribution >= 0.6 is 0 Å². The summed E-state index contributed by atoms with van der Waals surface area (Å²) < 4.78 is 0. The van der Waals surface area contributed by atoms with Crippen LogP contribution in [0.5, 0.6) is 0 Å². The molecule has 0 atom stereocenters. The van der Waals surface area contributed by atoms with Crippen molar-refractivity contribution < 1.29 is 0 Å². The maximum Gasteiger partial charge on any atom is 0.0597 e. The van der Waals surface area contributed by atoms with E-state index in [4.69, 9.17) is 11.6 Å². The smallest absolute Gasteiger partial charge is 0.0597 e. The molecule has 38 valence electrons. The first-order valence-corrected chi connectivity index (χ1v) is 1.76. The average molecular weight is 90.1 g/mol. The molecule has 0 rings (SSSR count). The Bertz CT molecular complexity index is 17.5. The first-order valence-electron chi connectivity index (χ1n) is 1.76. The summed E-state index contributed by atoms with van der Waals surface area (Å²) in [4.78, 5) is 0. The normalized spacial score (nSPS) is 9.00. The highest BCUT2D eigenvalue weighted by Gasteiger charge is 1.68. The summed E-state index contributed by atoms with van der Waals surface area (Å²) in [6.07, 6.45) is 0. The van der Waals surface area contributed by atoms with E-state index in [1.807, 2.05) is 0 Å². The third-order valence-corrected chi connectivity index (χ3v) is 0.371. The van der Waals surface area contributed by atoms with Gasteiger partial charge in [-0.25, -0.2) is 5.43 Å².